The number of fused-ring (bicyclic) bond motifs is 3. The maximum Gasteiger partial charge on any atom is 0.137 e. The molecular formula is C20H20ClF2NOS. The first-order valence-corrected chi connectivity index (χ1v) is 10.1. The van der Waals surface area contributed by atoms with Crippen LogP contribution in [0, 0.1) is 11.6 Å². The monoisotopic (exact) mass is 395 g/mol. The number of hydrogen-bond donors (Lipinski definition) is 1. The van der Waals surface area contributed by atoms with Crippen molar-refractivity contribution in [1.29, 1.82) is 0 Å². The van der Waals surface area contributed by atoms with E-state index in [9.17, 15) is 8.78 Å². The lowest BCUT2D eigenvalue weighted by Gasteiger charge is -2.24. The Labute approximate surface area is 161 Å². The van der Waals surface area contributed by atoms with Crippen molar-refractivity contribution < 1.29 is 13.5 Å². The fourth-order valence-electron chi connectivity index (χ4n) is 3.77. The summed E-state index contributed by atoms with van der Waals surface area (Å²) in [4.78, 5) is 0.940. The molecule has 138 valence electrons. The standard InChI is InChI=1S/C20H20ClF2NOS/c1-10(2)26-18-6-11(19-15(22)7-12(21)8-16(19)23)5-13-14-9-24-4-3-17(14)25-20(13)18/h5-8,10,14,17,24H,3-4,9H2,1-2H3. The summed E-state index contributed by atoms with van der Waals surface area (Å²) < 4.78 is 35.2. The first-order valence-electron chi connectivity index (χ1n) is 8.81. The molecular weight excluding hydrogens is 376 g/mol. The van der Waals surface area contributed by atoms with Gasteiger partial charge in [-0.1, -0.05) is 25.4 Å². The highest BCUT2D eigenvalue weighted by Crippen LogP contribution is 2.49. The molecule has 0 spiro atoms. The van der Waals surface area contributed by atoms with Crippen LogP contribution in [0.2, 0.25) is 5.02 Å². The van der Waals surface area contributed by atoms with Gasteiger partial charge in [0, 0.05) is 28.3 Å². The maximum absolute atomic E-state index is 14.5. The molecule has 0 bridgehead atoms. The summed E-state index contributed by atoms with van der Waals surface area (Å²) in [7, 11) is 0. The molecule has 2 aliphatic heterocycles. The number of thioether (sulfide) groups is 1. The molecule has 0 saturated carbocycles. The van der Waals surface area contributed by atoms with E-state index in [1.165, 1.54) is 0 Å². The molecule has 2 heterocycles. The average Bonchev–Trinajstić information content (AvgIpc) is 2.93. The zero-order valence-electron chi connectivity index (χ0n) is 14.6. The maximum atomic E-state index is 14.5. The van der Waals surface area contributed by atoms with Crippen LogP contribution in [0.1, 0.15) is 31.7 Å². The van der Waals surface area contributed by atoms with E-state index in [-0.39, 0.29) is 22.6 Å². The third kappa shape index (κ3) is 3.21. The normalized spacial score (nSPS) is 21.5. The minimum absolute atomic E-state index is 0.0324. The predicted octanol–water partition coefficient (Wildman–Crippen LogP) is 5.62. The Bertz CT molecular complexity index is 835. The third-order valence-corrected chi connectivity index (χ3v) is 6.08. The van der Waals surface area contributed by atoms with Crippen molar-refractivity contribution in [3.05, 3.63) is 46.5 Å². The summed E-state index contributed by atoms with van der Waals surface area (Å²) in [5.41, 5.74) is 1.54. The summed E-state index contributed by atoms with van der Waals surface area (Å²) in [6.07, 6.45) is 1.07. The number of ether oxygens (including phenoxy) is 1. The van der Waals surface area contributed by atoms with Crippen molar-refractivity contribution in [1.82, 2.24) is 5.32 Å². The van der Waals surface area contributed by atoms with Gasteiger partial charge >= 0.3 is 0 Å². The molecule has 0 aromatic heterocycles. The topological polar surface area (TPSA) is 21.3 Å². The fraction of sp³-hybridized carbons (Fsp3) is 0.400. The molecule has 2 aromatic rings. The zero-order chi connectivity index (χ0) is 18.4. The molecule has 0 aliphatic carbocycles. The largest absolute Gasteiger partial charge is 0.488 e. The molecule has 1 saturated heterocycles. The molecule has 2 unspecified atom stereocenters. The highest BCUT2D eigenvalue weighted by Gasteiger charge is 2.38. The minimum Gasteiger partial charge on any atom is -0.488 e. The van der Waals surface area contributed by atoms with Gasteiger partial charge in [-0.25, -0.2) is 8.78 Å². The molecule has 4 rings (SSSR count). The summed E-state index contributed by atoms with van der Waals surface area (Å²) in [5, 5.41) is 3.78. The summed E-state index contributed by atoms with van der Waals surface area (Å²) in [6.45, 7) is 5.93. The van der Waals surface area contributed by atoms with Gasteiger partial charge in [-0.3, -0.25) is 0 Å². The lowest BCUT2D eigenvalue weighted by molar-refractivity contribution is 0.169. The second-order valence-electron chi connectivity index (χ2n) is 7.06. The third-order valence-electron chi connectivity index (χ3n) is 4.83. The van der Waals surface area contributed by atoms with E-state index >= 15 is 0 Å². The molecule has 2 aliphatic rings. The number of benzene rings is 2. The zero-order valence-corrected chi connectivity index (χ0v) is 16.2. The molecule has 2 nitrogen and oxygen atoms in total. The van der Waals surface area contributed by atoms with Crippen molar-refractivity contribution in [2.75, 3.05) is 13.1 Å². The highest BCUT2D eigenvalue weighted by molar-refractivity contribution is 8.00. The number of nitrogens with one attached hydrogen (secondary N) is 1. The molecule has 0 radical (unpaired) electrons. The van der Waals surface area contributed by atoms with Gasteiger partial charge < -0.3 is 10.1 Å². The van der Waals surface area contributed by atoms with Crippen LogP contribution < -0.4 is 10.1 Å². The molecule has 2 aromatic carbocycles. The van der Waals surface area contributed by atoms with Crippen molar-refractivity contribution in [2.24, 2.45) is 0 Å². The van der Waals surface area contributed by atoms with E-state index in [2.05, 4.69) is 19.2 Å². The molecule has 0 amide bonds. The Morgan fingerprint density at radius 1 is 1.19 bits per heavy atom. The lowest BCUT2D eigenvalue weighted by Crippen LogP contribution is -2.37. The van der Waals surface area contributed by atoms with E-state index in [1.807, 2.05) is 12.1 Å². The smallest absolute Gasteiger partial charge is 0.137 e. The van der Waals surface area contributed by atoms with Crippen LogP contribution in [-0.4, -0.2) is 24.4 Å². The van der Waals surface area contributed by atoms with Crippen molar-refractivity contribution >= 4 is 23.4 Å². The fourth-order valence-corrected chi connectivity index (χ4v) is 4.93. The Morgan fingerprint density at radius 2 is 1.92 bits per heavy atom. The van der Waals surface area contributed by atoms with Crippen molar-refractivity contribution in [3.63, 3.8) is 0 Å². The summed E-state index contributed by atoms with van der Waals surface area (Å²) in [5.74, 6) is -0.204. The summed E-state index contributed by atoms with van der Waals surface area (Å²) in [6, 6.07) is 6.03. The van der Waals surface area contributed by atoms with E-state index in [0.717, 1.165) is 47.9 Å². The Hall–Kier alpha value is -1.30. The minimum atomic E-state index is -0.646. The number of rotatable bonds is 3. The van der Waals surface area contributed by atoms with Crippen molar-refractivity contribution in [2.45, 2.75) is 42.4 Å². The molecule has 6 heteroatoms. The van der Waals surface area contributed by atoms with Gasteiger partial charge in [0.15, 0.2) is 0 Å². The second-order valence-corrected chi connectivity index (χ2v) is 9.11. The second kappa shape index (κ2) is 7.02. The summed E-state index contributed by atoms with van der Waals surface area (Å²) >= 11 is 7.44. The molecule has 2 atom stereocenters. The van der Waals surface area contributed by atoms with Crippen LogP contribution >= 0.6 is 23.4 Å². The van der Waals surface area contributed by atoms with E-state index in [4.69, 9.17) is 16.3 Å². The van der Waals surface area contributed by atoms with Crippen LogP contribution in [0.25, 0.3) is 11.1 Å². The van der Waals surface area contributed by atoms with Gasteiger partial charge in [0.05, 0.1) is 10.5 Å². The van der Waals surface area contributed by atoms with Crippen LogP contribution in [0.3, 0.4) is 0 Å². The lowest BCUT2D eigenvalue weighted by atomic mass is 9.89. The van der Waals surface area contributed by atoms with Crippen LogP contribution in [0.5, 0.6) is 5.75 Å². The molecule has 1 fully saturated rings. The van der Waals surface area contributed by atoms with Crippen LogP contribution in [-0.2, 0) is 0 Å². The van der Waals surface area contributed by atoms with Crippen LogP contribution in [0.15, 0.2) is 29.2 Å². The quantitative estimate of drug-likeness (QED) is 0.681. The van der Waals surface area contributed by atoms with Gasteiger partial charge in [-0.05, 0) is 42.8 Å². The van der Waals surface area contributed by atoms with E-state index in [1.54, 1.807) is 11.8 Å². The SMILES string of the molecule is CC(C)Sc1cc(-c2c(F)cc(Cl)cc2F)cc2c1OC1CCNCC21. The molecule has 26 heavy (non-hydrogen) atoms. The van der Waals surface area contributed by atoms with Gasteiger partial charge in [0.25, 0.3) is 0 Å². The van der Waals surface area contributed by atoms with Crippen LogP contribution in [0.4, 0.5) is 8.78 Å². The van der Waals surface area contributed by atoms with Gasteiger partial charge in [-0.15, -0.1) is 11.8 Å². The van der Waals surface area contributed by atoms with E-state index in [0.29, 0.717) is 10.8 Å². The van der Waals surface area contributed by atoms with Gasteiger partial charge in [0.1, 0.15) is 23.5 Å². The Balaban J connectivity index is 1.88. The number of halogens is 3. The number of piperidine rings is 1. The predicted molar refractivity (Wildman–Crippen MR) is 102 cm³/mol. The Morgan fingerprint density at radius 3 is 2.62 bits per heavy atom. The molecule has 1 N–H and O–H groups in total. The first kappa shape index (κ1) is 18.1. The average molecular weight is 396 g/mol. The highest BCUT2D eigenvalue weighted by atomic mass is 35.5. The van der Waals surface area contributed by atoms with Gasteiger partial charge in [0.2, 0.25) is 0 Å². The van der Waals surface area contributed by atoms with Crippen molar-refractivity contribution in [3.8, 4) is 16.9 Å². The van der Waals surface area contributed by atoms with Gasteiger partial charge in [-0.2, -0.15) is 0 Å². The number of hydrogen-bond acceptors (Lipinski definition) is 3. The Kier molecular flexibility index (Phi) is 4.88. The first-order chi connectivity index (χ1) is 12.4. The van der Waals surface area contributed by atoms with E-state index < -0.39 is 11.6 Å².